The second-order valence-electron chi connectivity index (χ2n) is 12.4. The smallest absolute Gasteiger partial charge is 0.251 e. The fraction of sp³-hybridized carbons (Fsp3) is 0.759. The number of ether oxygens (including phenoxy) is 1. The highest BCUT2D eigenvalue weighted by atomic mass is 16.5. The number of fused-ring (bicyclic) bond motifs is 5. The Morgan fingerprint density at radius 3 is 2.45 bits per heavy atom. The summed E-state index contributed by atoms with van der Waals surface area (Å²) in [4.78, 5) is 12.9. The quantitative estimate of drug-likeness (QED) is 0.603. The van der Waals surface area contributed by atoms with E-state index in [1.807, 2.05) is 24.3 Å². The minimum atomic E-state index is -0.437. The van der Waals surface area contributed by atoms with Crippen LogP contribution in [0.5, 0.6) is 5.75 Å². The minimum Gasteiger partial charge on any atom is -0.497 e. The van der Waals surface area contributed by atoms with Gasteiger partial charge < -0.3 is 15.2 Å². The van der Waals surface area contributed by atoms with E-state index in [0.717, 1.165) is 48.2 Å². The molecule has 4 aliphatic rings. The first-order chi connectivity index (χ1) is 15.7. The Kier molecular flexibility index (Phi) is 6.04. The second kappa shape index (κ2) is 8.59. The zero-order chi connectivity index (χ0) is 23.4. The number of carbonyl (C=O) groups excluding carboxylic acids is 1. The van der Waals surface area contributed by atoms with Crippen LogP contribution in [0.1, 0.15) is 88.9 Å². The number of methoxy groups -OCH3 is 1. The van der Waals surface area contributed by atoms with Crippen molar-refractivity contribution in [2.75, 3.05) is 7.11 Å². The first-order valence-corrected chi connectivity index (χ1v) is 13.4. The molecule has 0 aliphatic heterocycles. The Morgan fingerprint density at radius 2 is 1.73 bits per heavy atom. The molecule has 4 nitrogen and oxygen atoms in total. The van der Waals surface area contributed by atoms with Crippen molar-refractivity contribution in [2.45, 2.75) is 90.2 Å². The van der Waals surface area contributed by atoms with Crippen molar-refractivity contribution in [3.05, 3.63) is 29.8 Å². The number of carbonyl (C=O) groups is 1. The van der Waals surface area contributed by atoms with Gasteiger partial charge in [0, 0.05) is 11.6 Å². The molecule has 0 unspecified atom stereocenters. The summed E-state index contributed by atoms with van der Waals surface area (Å²) in [5, 5.41) is 14.0. The van der Waals surface area contributed by atoms with Crippen molar-refractivity contribution in [3.63, 3.8) is 0 Å². The lowest BCUT2D eigenvalue weighted by atomic mass is 9.49. The first kappa shape index (κ1) is 23.2. The van der Waals surface area contributed by atoms with Crippen LogP contribution in [-0.4, -0.2) is 29.8 Å². The van der Waals surface area contributed by atoms with Crippen LogP contribution in [0, 0.1) is 40.9 Å². The molecule has 0 heterocycles. The number of benzene rings is 1. The summed E-state index contributed by atoms with van der Waals surface area (Å²) in [7, 11) is 1.65. The number of hydrogen-bond acceptors (Lipinski definition) is 3. The van der Waals surface area contributed by atoms with Gasteiger partial charge >= 0.3 is 0 Å². The SMILES string of the molecule is COc1ccc(C(=O)N[C@H](C)[C@H]2CC[C@H]3[C@@H]4CC[C@@H]5C[C@](C)(O)CC[C@@H]5[C@H]4CC[C@]23C)cc1. The van der Waals surface area contributed by atoms with Gasteiger partial charge in [-0.1, -0.05) is 6.92 Å². The minimum absolute atomic E-state index is 0.0284. The molecule has 1 aromatic rings. The van der Waals surface area contributed by atoms with Crippen LogP contribution in [0.4, 0.5) is 0 Å². The van der Waals surface area contributed by atoms with E-state index in [0.29, 0.717) is 16.9 Å². The van der Waals surface area contributed by atoms with Gasteiger partial charge in [-0.2, -0.15) is 0 Å². The van der Waals surface area contributed by atoms with Crippen molar-refractivity contribution in [3.8, 4) is 5.75 Å². The molecule has 182 valence electrons. The Morgan fingerprint density at radius 1 is 1.00 bits per heavy atom. The molecule has 4 heteroatoms. The molecule has 4 fully saturated rings. The fourth-order valence-electron chi connectivity index (χ4n) is 9.08. The van der Waals surface area contributed by atoms with E-state index in [9.17, 15) is 9.90 Å². The van der Waals surface area contributed by atoms with E-state index < -0.39 is 5.60 Å². The molecule has 33 heavy (non-hydrogen) atoms. The molecular weight excluding hydrogens is 410 g/mol. The molecule has 2 N–H and O–H groups in total. The van der Waals surface area contributed by atoms with Gasteiger partial charge in [-0.05, 0) is 137 Å². The molecule has 9 atom stereocenters. The summed E-state index contributed by atoms with van der Waals surface area (Å²) in [6.45, 7) is 6.82. The molecule has 0 bridgehead atoms. The average molecular weight is 454 g/mol. The molecule has 0 radical (unpaired) electrons. The van der Waals surface area contributed by atoms with E-state index in [2.05, 4.69) is 26.1 Å². The molecule has 4 aliphatic carbocycles. The summed E-state index contributed by atoms with van der Waals surface area (Å²) in [5.74, 6) is 5.43. The molecule has 1 aromatic carbocycles. The van der Waals surface area contributed by atoms with Gasteiger partial charge in [0.1, 0.15) is 5.75 Å². The molecule has 0 spiro atoms. The van der Waals surface area contributed by atoms with Crippen LogP contribution in [0.25, 0.3) is 0 Å². The van der Waals surface area contributed by atoms with Crippen molar-refractivity contribution >= 4 is 5.91 Å². The third-order valence-corrected chi connectivity index (χ3v) is 10.6. The Hall–Kier alpha value is -1.55. The maximum absolute atomic E-state index is 12.9. The third kappa shape index (κ3) is 4.11. The Labute approximate surface area is 199 Å². The number of aliphatic hydroxyl groups is 1. The maximum Gasteiger partial charge on any atom is 0.251 e. The monoisotopic (exact) mass is 453 g/mol. The standard InChI is InChI=1S/C29H43NO3/c1-18(30-27(31)19-5-8-21(33-4)9-6-19)25-11-12-26-24-10-7-20-17-28(2,32)15-13-22(20)23(24)14-16-29(25,26)3/h5-6,8-9,18,20,22-26,32H,7,10-17H2,1-4H3,(H,30,31)/t18-,20-,22+,23-,24-,25-,26+,28-,29-/m1/s1. The largest absolute Gasteiger partial charge is 0.497 e. The summed E-state index contributed by atoms with van der Waals surface area (Å²) in [6.07, 6.45) is 11.1. The summed E-state index contributed by atoms with van der Waals surface area (Å²) in [6, 6.07) is 7.60. The molecule has 4 saturated carbocycles. The molecule has 1 amide bonds. The van der Waals surface area contributed by atoms with Gasteiger partial charge in [-0.3, -0.25) is 4.79 Å². The lowest BCUT2D eigenvalue weighted by Crippen LogP contribution is -2.52. The Balaban J connectivity index is 1.26. The van der Waals surface area contributed by atoms with Crippen molar-refractivity contribution in [2.24, 2.45) is 40.9 Å². The van der Waals surface area contributed by atoms with Crippen LogP contribution in [0.2, 0.25) is 0 Å². The van der Waals surface area contributed by atoms with E-state index in [-0.39, 0.29) is 11.9 Å². The predicted octanol–water partition coefficient (Wildman–Crippen LogP) is 5.83. The predicted molar refractivity (Wildman–Crippen MR) is 131 cm³/mol. The first-order valence-electron chi connectivity index (χ1n) is 13.4. The zero-order valence-corrected chi connectivity index (χ0v) is 21.0. The highest BCUT2D eigenvalue weighted by Gasteiger charge is 2.58. The van der Waals surface area contributed by atoms with Crippen LogP contribution >= 0.6 is 0 Å². The molecule has 0 aromatic heterocycles. The number of rotatable bonds is 4. The summed E-state index contributed by atoms with van der Waals surface area (Å²) >= 11 is 0. The van der Waals surface area contributed by atoms with Crippen molar-refractivity contribution < 1.29 is 14.6 Å². The van der Waals surface area contributed by atoms with E-state index >= 15 is 0 Å². The Bertz CT molecular complexity index is 864. The van der Waals surface area contributed by atoms with Gasteiger partial charge in [0.25, 0.3) is 5.91 Å². The van der Waals surface area contributed by atoms with Crippen LogP contribution in [-0.2, 0) is 0 Å². The van der Waals surface area contributed by atoms with Gasteiger partial charge in [-0.15, -0.1) is 0 Å². The van der Waals surface area contributed by atoms with Gasteiger partial charge in [0.05, 0.1) is 12.7 Å². The number of hydrogen-bond donors (Lipinski definition) is 2. The lowest BCUT2D eigenvalue weighted by Gasteiger charge is -2.57. The van der Waals surface area contributed by atoms with Crippen molar-refractivity contribution in [1.29, 1.82) is 0 Å². The number of nitrogens with one attached hydrogen (secondary N) is 1. The van der Waals surface area contributed by atoms with Crippen LogP contribution in [0.3, 0.4) is 0 Å². The second-order valence-corrected chi connectivity index (χ2v) is 12.4. The van der Waals surface area contributed by atoms with Gasteiger partial charge in [-0.25, -0.2) is 0 Å². The zero-order valence-electron chi connectivity index (χ0n) is 21.0. The highest BCUT2D eigenvalue weighted by Crippen LogP contribution is 2.65. The van der Waals surface area contributed by atoms with E-state index in [4.69, 9.17) is 4.74 Å². The lowest BCUT2D eigenvalue weighted by molar-refractivity contribution is -0.101. The highest BCUT2D eigenvalue weighted by molar-refractivity contribution is 5.94. The third-order valence-electron chi connectivity index (χ3n) is 10.6. The fourth-order valence-corrected chi connectivity index (χ4v) is 9.08. The van der Waals surface area contributed by atoms with Crippen LogP contribution < -0.4 is 10.1 Å². The maximum atomic E-state index is 12.9. The van der Waals surface area contributed by atoms with Crippen LogP contribution in [0.15, 0.2) is 24.3 Å². The number of amides is 1. The molecule has 0 saturated heterocycles. The summed E-state index contributed by atoms with van der Waals surface area (Å²) < 4.78 is 5.23. The normalized spacial score (nSPS) is 43.1. The topological polar surface area (TPSA) is 58.6 Å². The average Bonchev–Trinajstić information content (AvgIpc) is 3.15. The van der Waals surface area contributed by atoms with Gasteiger partial charge in [0.15, 0.2) is 0 Å². The molecular formula is C29H43NO3. The van der Waals surface area contributed by atoms with Crippen molar-refractivity contribution in [1.82, 2.24) is 5.32 Å². The van der Waals surface area contributed by atoms with E-state index in [1.165, 1.54) is 44.9 Å². The summed E-state index contributed by atoms with van der Waals surface area (Å²) in [5.41, 5.74) is 0.603. The van der Waals surface area contributed by atoms with E-state index in [1.54, 1.807) is 7.11 Å². The van der Waals surface area contributed by atoms with Gasteiger partial charge in [0.2, 0.25) is 0 Å². The molecule has 5 rings (SSSR count).